The zero-order valence-corrected chi connectivity index (χ0v) is 14.7. The molecule has 0 radical (unpaired) electrons. The highest BCUT2D eigenvalue weighted by Gasteiger charge is 2.48. The minimum absolute atomic E-state index is 0.250. The molecule has 1 saturated heterocycles. The number of hydrogen-bond acceptors (Lipinski definition) is 3. The second-order valence-electron chi connectivity index (χ2n) is 5.75. The number of nitrogens with zero attached hydrogens (tertiary/aromatic N) is 2. The lowest BCUT2D eigenvalue weighted by Crippen LogP contribution is -2.54. The van der Waals surface area contributed by atoms with Gasteiger partial charge in [-0.05, 0) is 47.1 Å². The van der Waals surface area contributed by atoms with E-state index >= 15 is 0 Å². The molecule has 2 aliphatic heterocycles. The van der Waals surface area contributed by atoms with Gasteiger partial charge in [0.2, 0.25) is 0 Å². The predicted molar refractivity (Wildman–Crippen MR) is 98.3 cm³/mol. The van der Waals surface area contributed by atoms with Crippen molar-refractivity contribution in [2.24, 2.45) is 5.73 Å². The topological polar surface area (TPSA) is 42.1 Å². The van der Waals surface area contributed by atoms with Crippen molar-refractivity contribution in [3.8, 4) is 0 Å². The van der Waals surface area contributed by atoms with E-state index in [1.54, 1.807) is 0 Å². The van der Waals surface area contributed by atoms with Crippen LogP contribution in [0.4, 0.5) is 0 Å². The SMILES string of the molecule is C=CCN1C2C=C[C@@H]1CC(C(N)=S)(c1cncc(I)c1)C2. The molecule has 5 heteroatoms. The summed E-state index contributed by atoms with van der Waals surface area (Å²) in [4.78, 5) is 7.39. The molecule has 2 bridgehead atoms. The molecule has 0 aliphatic carbocycles. The highest BCUT2D eigenvalue weighted by atomic mass is 127. The molecule has 1 aromatic heterocycles. The lowest BCUT2D eigenvalue weighted by atomic mass is 9.70. The maximum Gasteiger partial charge on any atom is 0.0836 e. The van der Waals surface area contributed by atoms with Crippen LogP contribution in [0.2, 0.25) is 0 Å². The molecule has 0 amide bonds. The fraction of sp³-hybridized carbons (Fsp3) is 0.375. The highest BCUT2D eigenvalue weighted by molar-refractivity contribution is 14.1. The second-order valence-corrected chi connectivity index (χ2v) is 7.44. The lowest BCUT2D eigenvalue weighted by Gasteiger charge is -2.46. The summed E-state index contributed by atoms with van der Waals surface area (Å²) in [7, 11) is 0. The van der Waals surface area contributed by atoms with Crippen LogP contribution in [0.5, 0.6) is 0 Å². The van der Waals surface area contributed by atoms with Gasteiger partial charge >= 0.3 is 0 Å². The Kier molecular flexibility index (Phi) is 4.16. The Morgan fingerprint density at radius 1 is 1.48 bits per heavy atom. The smallest absolute Gasteiger partial charge is 0.0836 e. The summed E-state index contributed by atoms with van der Waals surface area (Å²) < 4.78 is 1.12. The van der Waals surface area contributed by atoms with Gasteiger partial charge in [0.1, 0.15) is 0 Å². The maximum absolute atomic E-state index is 6.19. The van der Waals surface area contributed by atoms with E-state index in [9.17, 15) is 0 Å². The minimum atomic E-state index is -0.250. The zero-order valence-electron chi connectivity index (χ0n) is 11.7. The van der Waals surface area contributed by atoms with Gasteiger partial charge in [0, 0.05) is 34.6 Å². The first-order valence-electron chi connectivity index (χ1n) is 7.03. The number of thiocarbonyl (C=S) groups is 1. The van der Waals surface area contributed by atoms with E-state index in [2.05, 4.69) is 57.3 Å². The molecule has 1 aromatic rings. The Morgan fingerprint density at radius 2 is 2.14 bits per heavy atom. The van der Waals surface area contributed by atoms with E-state index in [-0.39, 0.29) is 5.41 Å². The van der Waals surface area contributed by atoms with Crippen LogP contribution in [-0.4, -0.2) is 33.5 Å². The third-order valence-corrected chi connectivity index (χ3v) is 5.57. The minimum Gasteiger partial charge on any atom is -0.393 e. The van der Waals surface area contributed by atoms with Crippen molar-refractivity contribution in [3.63, 3.8) is 0 Å². The van der Waals surface area contributed by atoms with Crippen LogP contribution in [0.1, 0.15) is 18.4 Å². The molecule has 0 saturated carbocycles. The molecule has 110 valence electrons. The monoisotopic (exact) mass is 411 g/mol. The first-order chi connectivity index (χ1) is 10.1. The summed E-state index contributed by atoms with van der Waals surface area (Å²) in [5.74, 6) is 0. The van der Waals surface area contributed by atoms with Crippen LogP contribution in [-0.2, 0) is 5.41 Å². The third kappa shape index (κ3) is 2.55. The van der Waals surface area contributed by atoms with Crippen LogP contribution in [0, 0.1) is 3.57 Å². The Morgan fingerprint density at radius 3 is 2.67 bits per heavy atom. The molecular weight excluding hydrogens is 393 g/mol. The number of piperidine rings is 1. The quantitative estimate of drug-likeness (QED) is 0.470. The molecule has 3 heterocycles. The molecule has 21 heavy (non-hydrogen) atoms. The number of aromatic nitrogens is 1. The summed E-state index contributed by atoms with van der Waals surface area (Å²) in [5, 5.41) is 0. The van der Waals surface area contributed by atoms with Crippen LogP contribution in [0.15, 0.2) is 43.3 Å². The number of hydrogen-bond donors (Lipinski definition) is 1. The number of nitrogens with two attached hydrogens (primary N) is 1. The van der Waals surface area contributed by atoms with E-state index < -0.39 is 0 Å². The summed E-state index contributed by atoms with van der Waals surface area (Å²) in [6.45, 7) is 4.76. The zero-order chi connectivity index (χ0) is 15.0. The molecule has 0 aromatic carbocycles. The normalized spacial score (nSPS) is 31.3. The first kappa shape index (κ1) is 15.1. The average molecular weight is 411 g/mol. The molecule has 2 unspecified atom stereocenters. The Bertz CT molecular complexity index is 597. The molecule has 3 rings (SSSR count). The van der Waals surface area contributed by atoms with Gasteiger partial charge in [0.15, 0.2) is 0 Å². The van der Waals surface area contributed by atoms with Crippen LogP contribution in [0.3, 0.4) is 0 Å². The molecule has 1 fully saturated rings. The standard InChI is InChI=1S/C16H18IN3S/c1-2-5-20-13-3-4-14(20)8-16(7-13,15(18)21)11-6-12(17)10-19-9-11/h2-4,6,9-10,13-14H,1,5,7-8H2,(H2,18,21)/t13-,14?,16?/m1/s1. The van der Waals surface area contributed by atoms with Gasteiger partial charge in [-0.1, -0.05) is 30.4 Å². The number of rotatable bonds is 4. The van der Waals surface area contributed by atoms with Crippen LogP contribution in [0.25, 0.3) is 0 Å². The lowest BCUT2D eigenvalue weighted by molar-refractivity contribution is 0.138. The van der Waals surface area contributed by atoms with E-state index in [0.29, 0.717) is 17.1 Å². The number of halogens is 1. The molecule has 2 aliphatic rings. The summed E-state index contributed by atoms with van der Waals surface area (Å²) >= 11 is 7.76. The van der Waals surface area contributed by atoms with Crippen molar-refractivity contribution in [2.45, 2.75) is 30.3 Å². The molecule has 3 atom stereocenters. The van der Waals surface area contributed by atoms with E-state index in [1.165, 1.54) is 0 Å². The third-order valence-electron chi connectivity index (χ3n) is 4.59. The maximum atomic E-state index is 6.19. The average Bonchev–Trinajstić information content (AvgIpc) is 2.71. The predicted octanol–water partition coefficient (Wildman–Crippen LogP) is 2.80. The summed E-state index contributed by atoms with van der Waals surface area (Å²) in [6.07, 6.45) is 12.2. The van der Waals surface area contributed by atoms with Crippen molar-refractivity contribution < 1.29 is 0 Å². The van der Waals surface area contributed by atoms with Gasteiger partial charge in [-0.2, -0.15) is 0 Å². The molecule has 2 N–H and O–H groups in total. The van der Waals surface area contributed by atoms with Crippen LogP contribution < -0.4 is 5.73 Å². The van der Waals surface area contributed by atoms with E-state index in [1.807, 2.05) is 18.5 Å². The first-order valence-corrected chi connectivity index (χ1v) is 8.51. The summed E-state index contributed by atoms with van der Waals surface area (Å²) in [6, 6.07) is 2.91. The molecule has 0 spiro atoms. The highest BCUT2D eigenvalue weighted by Crippen LogP contribution is 2.44. The fourth-order valence-corrected chi connectivity index (χ4v) is 4.34. The van der Waals surface area contributed by atoms with Crippen molar-refractivity contribution in [1.29, 1.82) is 0 Å². The Hall–Kier alpha value is -0.790. The van der Waals surface area contributed by atoms with Gasteiger partial charge in [0.05, 0.1) is 10.4 Å². The van der Waals surface area contributed by atoms with Gasteiger partial charge < -0.3 is 5.73 Å². The largest absolute Gasteiger partial charge is 0.393 e. The Labute approximate surface area is 144 Å². The van der Waals surface area contributed by atoms with Crippen molar-refractivity contribution in [3.05, 3.63) is 52.4 Å². The fourth-order valence-electron chi connectivity index (χ4n) is 3.56. The number of fused-ring (bicyclic) bond motifs is 2. The number of pyridine rings is 1. The van der Waals surface area contributed by atoms with Crippen molar-refractivity contribution in [1.82, 2.24) is 9.88 Å². The Balaban J connectivity index is 1.99. The summed E-state index contributed by atoms with van der Waals surface area (Å²) in [5.41, 5.74) is 7.09. The van der Waals surface area contributed by atoms with Gasteiger partial charge in [-0.25, -0.2) is 0 Å². The molecular formula is C16H18IN3S. The van der Waals surface area contributed by atoms with Gasteiger partial charge in [0.25, 0.3) is 0 Å². The van der Waals surface area contributed by atoms with E-state index in [0.717, 1.165) is 28.5 Å². The van der Waals surface area contributed by atoms with E-state index in [4.69, 9.17) is 18.0 Å². The molecule has 3 nitrogen and oxygen atoms in total. The second kappa shape index (κ2) is 5.78. The van der Waals surface area contributed by atoms with Crippen molar-refractivity contribution >= 4 is 39.8 Å². The van der Waals surface area contributed by atoms with Gasteiger partial charge in [-0.15, -0.1) is 6.58 Å². The van der Waals surface area contributed by atoms with Gasteiger partial charge in [-0.3, -0.25) is 9.88 Å². The van der Waals surface area contributed by atoms with Crippen molar-refractivity contribution in [2.75, 3.05) is 6.54 Å². The van der Waals surface area contributed by atoms with Crippen LogP contribution >= 0.6 is 34.8 Å².